The molecule has 2 N–H and O–H groups in total. The van der Waals surface area contributed by atoms with Gasteiger partial charge in [0.05, 0.1) is 12.1 Å². The molecule has 0 aromatic carbocycles. The van der Waals surface area contributed by atoms with Gasteiger partial charge in [0, 0.05) is 19.1 Å². The summed E-state index contributed by atoms with van der Waals surface area (Å²) in [6.07, 6.45) is 3.60. The highest BCUT2D eigenvalue weighted by atomic mass is 16.5. The molecule has 1 aliphatic heterocycles. The molecule has 6 heteroatoms. The van der Waals surface area contributed by atoms with Crippen molar-refractivity contribution in [2.24, 2.45) is 5.92 Å². The van der Waals surface area contributed by atoms with Gasteiger partial charge in [-0.3, -0.25) is 0 Å². The molecule has 1 aromatic heterocycles. The molecular formula is C14H26N4O2. The third-order valence-corrected chi connectivity index (χ3v) is 3.78. The second-order valence-electron chi connectivity index (χ2n) is 5.37. The number of ether oxygens (including phenoxy) is 1. The van der Waals surface area contributed by atoms with E-state index in [1.807, 2.05) is 6.92 Å². The lowest BCUT2D eigenvalue weighted by Gasteiger charge is -2.16. The van der Waals surface area contributed by atoms with Crippen molar-refractivity contribution in [3.05, 3.63) is 5.89 Å². The number of aromatic nitrogens is 2. The molecule has 1 fully saturated rings. The van der Waals surface area contributed by atoms with E-state index in [1.165, 1.54) is 0 Å². The molecule has 114 valence electrons. The number of rotatable bonds is 8. The topological polar surface area (TPSA) is 72.2 Å². The highest BCUT2D eigenvalue weighted by Gasteiger charge is 2.26. The minimum Gasteiger partial charge on any atom is -0.406 e. The van der Waals surface area contributed by atoms with Gasteiger partial charge in [0.15, 0.2) is 0 Å². The molecule has 0 spiro atoms. The summed E-state index contributed by atoms with van der Waals surface area (Å²) in [5, 5.41) is 14.7. The number of nitrogens with one attached hydrogen (secondary N) is 2. The average Bonchev–Trinajstić information content (AvgIpc) is 3.10. The Labute approximate surface area is 120 Å². The first kappa shape index (κ1) is 15.3. The van der Waals surface area contributed by atoms with Crippen molar-refractivity contribution in [1.82, 2.24) is 15.5 Å². The summed E-state index contributed by atoms with van der Waals surface area (Å²) in [6, 6.07) is 0.600. The third kappa shape index (κ3) is 3.93. The van der Waals surface area contributed by atoms with Gasteiger partial charge in [-0.15, -0.1) is 5.10 Å². The number of anilines is 1. The average molecular weight is 282 g/mol. The van der Waals surface area contributed by atoms with Crippen LogP contribution in [0.15, 0.2) is 4.42 Å². The first-order valence-corrected chi connectivity index (χ1v) is 7.66. The van der Waals surface area contributed by atoms with Crippen molar-refractivity contribution < 1.29 is 9.15 Å². The van der Waals surface area contributed by atoms with E-state index in [0.717, 1.165) is 39.0 Å². The van der Waals surface area contributed by atoms with Crippen LogP contribution in [0.5, 0.6) is 0 Å². The number of hydrogen-bond donors (Lipinski definition) is 2. The maximum atomic E-state index is 5.67. The molecule has 20 heavy (non-hydrogen) atoms. The molecular weight excluding hydrogens is 256 g/mol. The van der Waals surface area contributed by atoms with Gasteiger partial charge in [-0.25, -0.2) is 0 Å². The minimum absolute atomic E-state index is 0.0937. The molecule has 0 aliphatic carbocycles. The SMILES string of the molecule is CCCNC(C)c1nnc(NCC2CCOC2CC)o1. The first-order chi connectivity index (χ1) is 9.74. The molecule has 1 aliphatic rings. The first-order valence-electron chi connectivity index (χ1n) is 7.66. The highest BCUT2D eigenvalue weighted by Crippen LogP contribution is 2.24. The summed E-state index contributed by atoms with van der Waals surface area (Å²) in [5.41, 5.74) is 0. The van der Waals surface area contributed by atoms with E-state index in [-0.39, 0.29) is 6.04 Å². The summed E-state index contributed by atoms with van der Waals surface area (Å²) >= 11 is 0. The standard InChI is InChI=1S/C14H26N4O2/c1-4-7-15-10(3)13-17-18-14(20-13)16-9-11-6-8-19-12(11)5-2/h10-12,15H,4-9H2,1-3H3,(H,16,18). The fourth-order valence-corrected chi connectivity index (χ4v) is 2.53. The predicted octanol–water partition coefficient (Wildman–Crippen LogP) is 2.36. The third-order valence-electron chi connectivity index (χ3n) is 3.78. The Hall–Kier alpha value is -1.14. The number of hydrogen-bond acceptors (Lipinski definition) is 6. The summed E-state index contributed by atoms with van der Waals surface area (Å²) in [5.74, 6) is 1.17. The Bertz CT molecular complexity index is 396. The van der Waals surface area contributed by atoms with Gasteiger partial charge in [-0.05, 0) is 32.7 Å². The van der Waals surface area contributed by atoms with Crippen LogP contribution < -0.4 is 10.6 Å². The minimum atomic E-state index is 0.0937. The van der Waals surface area contributed by atoms with Crippen molar-refractivity contribution >= 4 is 6.01 Å². The fourth-order valence-electron chi connectivity index (χ4n) is 2.53. The van der Waals surface area contributed by atoms with Crippen LogP contribution in [0.4, 0.5) is 6.01 Å². The quantitative estimate of drug-likeness (QED) is 0.762. The van der Waals surface area contributed by atoms with Gasteiger partial charge >= 0.3 is 6.01 Å². The van der Waals surface area contributed by atoms with Crippen LogP contribution in [0.2, 0.25) is 0 Å². The van der Waals surface area contributed by atoms with Gasteiger partial charge in [0.1, 0.15) is 0 Å². The Morgan fingerprint density at radius 1 is 1.35 bits per heavy atom. The van der Waals surface area contributed by atoms with Crippen molar-refractivity contribution in [2.75, 3.05) is 25.0 Å². The Kier molecular flexibility index (Phi) is 5.79. The molecule has 1 saturated heterocycles. The molecule has 1 aromatic rings. The van der Waals surface area contributed by atoms with E-state index in [1.54, 1.807) is 0 Å². The Morgan fingerprint density at radius 3 is 2.95 bits per heavy atom. The molecule has 2 heterocycles. The summed E-state index contributed by atoms with van der Waals surface area (Å²) < 4.78 is 11.3. The zero-order valence-corrected chi connectivity index (χ0v) is 12.7. The van der Waals surface area contributed by atoms with Crippen molar-refractivity contribution in [2.45, 2.75) is 52.2 Å². The largest absolute Gasteiger partial charge is 0.406 e. The summed E-state index contributed by atoms with van der Waals surface area (Å²) in [6.45, 7) is 8.97. The Morgan fingerprint density at radius 2 is 2.20 bits per heavy atom. The van der Waals surface area contributed by atoms with E-state index < -0.39 is 0 Å². The molecule has 3 atom stereocenters. The van der Waals surface area contributed by atoms with E-state index in [0.29, 0.717) is 23.9 Å². The molecule has 0 amide bonds. The molecule has 6 nitrogen and oxygen atoms in total. The van der Waals surface area contributed by atoms with Crippen LogP contribution in [0.1, 0.15) is 52.0 Å². The van der Waals surface area contributed by atoms with Gasteiger partial charge in [-0.1, -0.05) is 18.9 Å². The van der Waals surface area contributed by atoms with Gasteiger partial charge in [0.25, 0.3) is 0 Å². The molecule has 3 unspecified atom stereocenters. The van der Waals surface area contributed by atoms with Crippen molar-refractivity contribution in [1.29, 1.82) is 0 Å². The van der Waals surface area contributed by atoms with E-state index >= 15 is 0 Å². The van der Waals surface area contributed by atoms with E-state index in [4.69, 9.17) is 9.15 Å². The van der Waals surface area contributed by atoms with Crippen molar-refractivity contribution in [3.8, 4) is 0 Å². The highest BCUT2D eigenvalue weighted by molar-refractivity contribution is 5.17. The van der Waals surface area contributed by atoms with Gasteiger partial charge in [-0.2, -0.15) is 0 Å². The van der Waals surface area contributed by atoms with Crippen LogP contribution in [0, 0.1) is 5.92 Å². The molecule has 0 saturated carbocycles. The van der Waals surface area contributed by atoms with Crippen LogP contribution in [0.25, 0.3) is 0 Å². The zero-order chi connectivity index (χ0) is 14.4. The predicted molar refractivity (Wildman–Crippen MR) is 77.6 cm³/mol. The zero-order valence-electron chi connectivity index (χ0n) is 12.7. The van der Waals surface area contributed by atoms with Gasteiger partial charge < -0.3 is 19.8 Å². The van der Waals surface area contributed by atoms with Crippen molar-refractivity contribution in [3.63, 3.8) is 0 Å². The van der Waals surface area contributed by atoms with E-state index in [9.17, 15) is 0 Å². The lowest BCUT2D eigenvalue weighted by Crippen LogP contribution is -2.22. The summed E-state index contributed by atoms with van der Waals surface area (Å²) in [4.78, 5) is 0. The van der Waals surface area contributed by atoms with E-state index in [2.05, 4.69) is 34.7 Å². The maximum absolute atomic E-state index is 5.67. The molecule has 2 rings (SSSR count). The lowest BCUT2D eigenvalue weighted by molar-refractivity contribution is 0.0899. The van der Waals surface area contributed by atoms with Crippen LogP contribution in [-0.4, -0.2) is 36.0 Å². The second-order valence-corrected chi connectivity index (χ2v) is 5.37. The van der Waals surface area contributed by atoms with Crippen LogP contribution in [0.3, 0.4) is 0 Å². The van der Waals surface area contributed by atoms with Gasteiger partial charge in [0.2, 0.25) is 5.89 Å². The number of nitrogens with zero attached hydrogens (tertiary/aromatic N) is 2. The smallest absolute Gasteiger partial charge is 0.315 e. The van der Waals surface area contributed by atoms with Crippen LogP contribution >= 0.6 is 0 Å². The molecule has 0 bridgehead atoms. The lowest BCUT2D eigenvalue weighted by atomic mass is 10.00. The monoisotopic (exact) mass is 282 g/mol. The van der Waals surface area contributed by atoms with Crippen LogP contribution in [-0.2, 0) is 4.74 Å². The maximum Gasteiger partial charge on any atom is 0.315 e. The summed E-state index contributed by atoms with van der Waals surface area (Å²) in [7, 11) is 0. The Balaban J connectivity index is 1.80. The fraction of sp³-hybridized carbons (Fsp3) is 0.857. The normalized spacial score (nSPS) is 23.9. The molecule has 0 radical (unpaired) electrons. The second kappa shape index (κ2) is 7.59.